The number of carbonyl (C=O) groups is 1. The molecular formula is C10H15F3O2. The number of Topliss-reactive ketones (excluding diaryl/α,β-unsaturated/α-hetero) is 1. The standard InChI is InChI=1S/C10H15F3O2/c11-10(12,13)7-15-6-9(14)8-4-2-1-3-5-8/h8H,1-7H2. The fourth-order valence-electron chi connectivity index (χ4n) is 1.81. The van der Waals surface area contributed by atoms with E-state index >= 15 is 0 Å². The highest BCUT2D eigenvalue weighted by Gasteiger charge is 2.28. The van der Waals surface area contributed by atoms with E-state index in [1.807, 2.05) is 0 Å². The predicted molar refractivity (Wildman–Crippen MR) is 48.5 cm³/mol. The van der Waals surface area contributed by atoms with Gasteiger partial charge >= 0.3 is 6.18 Å². The predicted octanol–water partition coefficient (Wildman–Crippen LogP) is 2.71. The molecule has 0 N–H and O–H groups in total. The molecule has 1 aliphatic rings. The molecule has 2 nitrogen and oxygen atoms in total. The Balaban J connectivity index is 2.17. The Kier molecular flexibility index (Phi) is 4.57. The van der Waals surface area contributed by atoms with Crippen molar-refractivity contribution < 1.29 is 22.7 Å². The minimum absolute atomic E-state index is 0.0769. The number of ketones is 1. The Bertz CT molecular complexity index is 207. The molecule has 0 aromatic heterocycles. The molecule has 0 radical (unpaired) electrons. The fraction of sp³-hybridized carbons (Fsp3) is 0.900. The van der Waals surface area contributed by atoms with Gasteiger partial charge in [-0.3, -0.25) is 4.79 Å². The number of hydrogen-bond donors (Lipinski definition) is 0. The topological polar surface area (TPSA) is 26.3 Å². The third-order valence-electron chi connectivity index (χ3n) is 2.57. The van der Waals surface area contributed by atoms with Crippen LogP contribution in [0.2, 0.25) is 0 Å². The van der Waals surface area contributed by atoms with E-state index in [2.05, 4.69) is 4.74 Å². The van der Waals surface area contributed by atoms with Crippen molar-refractivity contribution in [2.24, 2.45) is 5.92 Å². The first-order valence-electron chi connectivity index (χ1n) is 5.16. The molecule has 0 atom stereocenters. The van der Waals surface area contributed by atoms with Gasteiger partial charge < -0.3 is 4.74 Å². The first kappa shape index (κ1) is 12.5. The molecule has 0 saturated heterocycles. The van der Waals surface area contributed by atoms with Crippen molar-refractivity contribution in [3.05, 3.63) is 0 Å². The van der Waals surface area contributed by atoms with E-state index in [1.165, 1.54) is 0 Å². The molecular weight excluding hydrogens is 209 g/mol. The summed E-state index contributed by atoms with van der Waals surface area (Å²) in [4.78, 5) is 11.4. The van der Waals surface area contributed by atoms with Crippen molar-refractivity contribution in [1.29, 1.82) is 0 Å². The molecule has 0 aromatic rings. The minimum Gasteiger partial charge on any atom is -0.364 e. The van der Waals surface area contributed by atoms with Crippen LogP contribution in [-0.2, 0) is 9.53 Å². The zero-order valence-corrected chi connectivity index (χ0v) is 8.48. The first-order valence-corrected chi connectivity index (χ1v) is 5.16. The molecule has 0 heterocycles. The normalized spacial score (nSPS) is 19.1. The van der Waals surface area contributed by atoms with Gasteiger partial charge in [0.2, 0.25) is 0 Å². The molecule has 0 amide bonds. The number of hydrogen-bond acceptors (Lipinski definition) is 2. The quantitative estimate of drug-likeness (QED) is 0.733. The summed E-state index contributed by atoms with van der Waals surface area (Å²) in [5.74, 6) is -0.258. The van der Waals surface area contributed by atoms with E-state index in [0.717, 1.165) is 32.1 Å². The van der Waals surface area contributed by atoms with Crippen LogP contribution in [0.25, 0.3) is 0 Å². The molecule has 88 valence electrons. The van der Waals surface area contributed by atoms with Crippen molar-refractivity contribution in [1.82, 2.24) is 0 Å². The summed E-state index contributed by atoms with van der Waals surface area (Å²) >= 11 is 0. The average molecular weight is 224 g/mol. The maximum atomic E-state index is 11.7. The summed E-state index contributed by atoms with van der Waals surface area (Å²) in [5, 5.41) is 0. The highest BCUT2D eigenvalue weighted by atomic mass is 19.4. The van der Waals surface area contributed by atoms with Gasteiger partial charge in [-0.25, -0.2) is 0 Å². The Morgan fingerprint density at radius 1 is 1.20 bits per heavy atom. The number of alkyl halides is 3. The Morgan fingerprint density at radius 2 is 1.80 bits per heavy atom. The zero-order valence-electron chi connectivity index (χ0n) is 8.48. The van der Waals surface area contributed by atoms with Gasteiger partial charge in [0.05, 0.1) is 0 Å². The van der Waals surface area contributed by atoms with Gasteiger partial charge in [-0.05, 0) is 12.8 Å². The summed E-state index contributed by atoms with van der Waals surface area (Å²) in [6, 6.07) is 0. The van der Waals surface area contributed by atoms with E-state index < -0.39 is 19.4 Å². The van der Waals surface area contributed by atoms with Gasteiger partial charge in [0.15, 0.2) is 5.78 Å². The molecule has 0 bridgehead atoms. The van der Waals surface area contributed by atoms with Gasteiger partial charge in [0.25, 0.3) is 0 Å². The van der Waals surface area contributed by atoms with Crippen LogP contribution >= 0.6 is 0 Å². The van der Waals surface area contributed by atoms with Crippen LogP contribution in [0.1, 0.15) is 32.1 Å². The lowest BCUT2D eigenvalue weighted by atomic mass is 9.86. The Labute approximate surface area is 86.8 Å². The SMILES string of the molecule is O=C(COCC(F)(F)F)C1CCCCC1. The van der Waals surface area contributed by atoms with E-state index in [0.29, 0.717) is 0 Å². The van der Waals surface area contributed by atoms with Crippen molar-refractivity contribution in [2.75, 3.05) is 13.2 Å². The molecule has 15 heavy (non-hydrogen) atoms. The third kappa shape index (κ3) is 5.16. The molecule has 0 unspecified atom stereocenters. The van der Waals surface area contributed by atoms with Crippen LogP contribution in [0.3, 0.4) is 0 Å². The van der Waals surface area contributed by atoms with Crippen molar-refractivity contribution in [3.8, 4) is 0 Å². The molecule has 1 rings (SSSR count). The lowest BCUT2D eigenvalue weighted by Crippen LogP contribution is -2.25. The molecule has 1 fully saturated rings. The second-order valence-electron chi connectivity index (χ2n) is 3.91. The van der Waals surface area contributed by atoms with Crippen LogP contribution in [0.15, 0.2) is 0 Å². The second kappa shape index (κ2) is 5.49. The second-order valence-corrected chi connectivity index (χ2v) is 3.91. The lowest BCUT2D eigenvalue weighted by Gasteiger charge is -2.20. The zero-order chi connectivity index (χ0) is 11.3. The molecule has 1 aliphatic carbocycles. The Hall–Kier alpha value is -0.580. The van der Waals surface area contributed by atoms with Crippen molar-refractivity contribution >= 4 is 5.78 Å². The van der Waals surface area contributed by atoms with Crippen LogP contribution in [0.4, 0.5) is 13.2 Å². The monoisotopic (exact) mass is 224 g/mol. The number of rotatable bonds is 4. The molecule has 0 aromatic carbocycles. The molecule has 5 heteroatoms. The summed E-state index contributed by atoms with van der Waals surface area (Å²) in [6.45, 7) is -1.73. The van der Waals surface area contributed by atoms with E-state index in [-0.39, 0.29) is 11.7 Å². The van der Waals surface area contributed by atoms with E-state index in [1.54, 1.807) is 0 Å². The molecule has 1 saturated carbocycles. The van der Waals surface area contributed by atoms with Crippen LogP contribution in [0, 0.1) is 5.92 Å². The smallest absolute Gasteiger partial charge is 0.364 e. The first-order chi connectivity index (χ1) is 6.99. The number of halogens is 3. The summed E-state index contributed by atoms with van der Waals surface area (Å²) < 4.78 is 39.5. The van der Waals surface area contributed by atoms with Crippen LogP contribution in [0.5, 0.6) is 0 Å². The summed E-state index contributed by atoms with van der Waals surface area (Å²) in [6.07, 6.45) is 0.369. The van der Waals surface area contributed by atoms with Crippen LogP contribution in [-0.4, -0.2) is 25.2 Å². The van der Waals surface area contributed by atoms with Gasteiger partial charge in [0.1, 0.15) is 13.2 Å². The van der Waals surface area contributed by atoms with E-state index in [9.17, 15) is 18.0 Å². The minimum atomic E-state index is -4.34. The van der Waals surface area contributed by atoms with Crippen LogP contribution < -0.4 is 0 Å². The Morgan fingerprint density at radius 3 is 2.33 bits per heavy atom. The highest BCUT2D eigenvalue weighted by Crippen LogP contribution is 2.24. The summed E-state index contributed by atoms with van der Waals surface area (Å²) in [5.41, 5.74) is 0. The summed E-state index contributed by atoms with van der Waals surface area (Å²) in [7, 11) is 0. The highest BCUT2D eigenvalue weighted by molar-refractivity contribution is 5.82. The number of carbonyl (C=O) groups excluding carboxylic acids is 1. The van der Waals surface area contributed by atoms with Gasteiger partial charge in [-0.15, -0.1) is 0 Å². The van der Waals surface area contributed by atoms with E-state index in [4.69, 9.17) is 0 Å². The number of ether oxygens (including phenoxy) is 1. The maximum Gasteiger partial charge on any atom is 0.411 e. The van der Waals surface area contributed by atoms with Crippen molar-refractivity contribution in [2.45, 2.75) is 38.3 Å². The fourth-order valence-corrected chi connectivity index (χ4v) is 1.81. The van der Waals surface area contributed by atoms with Crippen molar-refractivity contribution in [3.63, 3.8) is 0 Å². The van der Waals surface area contributed by atoms with Gasteiger partial charge in [-0.2, -0.15) is 13.2 Å². The van der Waals surface area contributed by atoms with Gasteiger partial charge in [0, 0.05) is 5.92 Å². The molecule has 0 spiro atoms. The maximum absolute atomic E-state index is 11.7. The average Bonchev–Trinajstić information content (AvgIpc) is 2.17. The third-order valence-corrected chi connectivity index (χ3v) is 2.57. The lowest BCUT2D eigenvalue weighted by molar-refractivity contribution is -0.176. The largest absolute Gasteiger partial charge is 0.411 e. The molecule has 0 aliphatic heterocycles. The van der Waals surface area contributed by atoms with Gasteiger partial charge in [-0.1, -0.05) is 19.3 Å².